The van der Waals surface area contributed by atoms with E-state index in [2.05, 4.69) is 64.7 Å². The lowest BCUT2D eigenvalue weighted by molar-refractivity contribution is 0.661. The lowest BCUT2D eigenvalue weighted by Crippen LogP contribution is -2.18. The normalized spacial score (nSPS) is 12.7. The van der Waals surface area contributed by atoms with Gasteiger partial charge in [-0.15, -0.1) is 0 Å². The van der Waals surface area contributed by atoms with E-state index in [9.17, 15) is 0 Å². The molecule has 1 aromatic heterocycles. The number of aromatic amines is 1. The van der Waals surface area contributed by atoms with E-state index < -0.39 is 0 Å². The van der Waals surface area contributed by atoms with Crippen LogP contribution in [0, 0.1) is 6.92 Å². The summed E-state index contributed by atoms with van der Waals surface area (Å²) in [4.78, 5) is 8.02. The van der Waals surface area contributed by atoms with Gasteiger partial charge in [0.15, 0.2) is 5.16 Å². The summed E-state index contributed by atoms with van der Waals surface area (Å²) in [6, 6.07) is 17.1. The van der Waals surface area contributed by atoms with E-state index >= 15 is 0 Å². The van der Waals surface area contributed by atoms with Gasteiger partial charge in [-0.1, -0.05) is 48.2 Å². The van der Waals surface area contributed by atoms with Crippen molar-refractivity contribution in [3.05, 3.63) is 59.7 Å². The van der Waals surface area contributed by atoms with Crippen molar-refractivity contribution in [1.82, 2.24) is 15.3 Å². The standard InChI is InChI=1S/C17H19N3S/c1-12-8-9-14-15(10-12)20-17(19-14)21-11-16(18-2)13-6-4-3-5-7-13/h3-10,16,18H,11H2,1-2H3,(H,19,20). The minimum absolute atomic E-state index is 0.325. The van der Waals surface area contributed by atoms with Gasteiger partial charge in [-0.2, -0.15) is 0 Å². The summed E-state index contributed by atoms with van der Waals surface area (Å²) < 4.78 is 0. The molecule has 1 heterocycles. The number of hydrogen-bond acceptors (Lipinski definition) is 3. The Morgan fingerprint density at radius 3 is 2.76 bits per heavy atom. The molecule has 0 amide bonds. The fraction of sp³-hybridized carbons (Fsp3) is 0.235. The number of imidazole rings is 1. The summed E-state index contributed by atoms with van der Waals surface area (Å²) in [5, 5.41) is 4.35. The third-order valence-corrected chi connectivity index (χ3v) is 4.52. The first-order chi connectivity index (χ1) is 10.3. The number of benzene rings is 2. The highest BCUT2D eigenvalue weighted by molar-refractivity contribution is 7.99. The van der Waals surface area contributed by atoms with Crippen molar-refractivity contribution < 1.29 is 0 Å². The molecule has 0 bridgehead atoms. The third-order valence-electron chi connectivity index (χ3n) is 3.55. The van der Waals surface area contributed by atoms with Crippen molar-refractivity contribution in [2.75, 3.05) is 12.8 Å². The molecule has 0 aliphatic heterocycles. The van der Waals surface area contributed by atoms with Crippen molar-refractivity contribution in [2.24, 2.45) is 0 Å². The van der Waals surface area contributed by atoms with Gasteiger partial charge >= 0.3 is 0 Å². The highest BCUT2D eigenvalue weighted by Gasteiger charge is 2.11. The maximum absolute atomic E-state index is 4.63. The molecule has 0 spiro atoms. The highest BCUT2D eigenvalue weighted by Crippen LogP contribution is 2.25. The average molecular weight is 297 g/mol. The Morgan fingerprint density at radius 2 is 2.00 bits per heavy atom. The molecular weight excluding hydrogens is 278 g/mol. The predicted octanol–water partition coefficient (Wildman–Crippen LogP) is 3.92. The smallest absolute Gasteiger partial charge is 0.166 e. The number of aryl methyl sites for hydroxylation is 1. The van der Waals surface area contributed by atoms with Crippen LogP contribution in [-0.4, -0.2) is 22.8 Å². The SMILES string of the molecule is CNC(CSc1nc2ccc(C)cc2[nH]1)c1ccccc1. The van der Waals surface area contributed by atoms with E-state index in [-0.39, 0.29) is 0 Å². The van der Waals surface area contributed by atoms with Crippen LogP contribution in [0.3, 0.4) is 0 Å². The minimum Gasteiger partial charge on any atom is -0.333 e. The summed E-state index contributed by atoms with van der Waals surface area (Å²) in [5.41, 5.74) is 4.70. The number of nitrogens with one attached hydrogen (secondary N) is 2. The second kappa shape index (κ2) is 6.33. The van der Waals surface area contributed by atoms with Gasteiger partial charge in [-0.25, -0.2) is 4.98 Å². The van der Waals surface area contributed by atoms with E-state index in [0.29, 0.717) is 6.04 Å². The summed E-state index contributed by atoms with van der Waals surface area (Å²) in [7, 11) is 2.00. The van der Waals surface area contributed by atoms with Crippen LogP contribution in [0.15, 0.2) is 53.7 Å². The summed E-state index contributed by atoms with van der Waals surface area (Å²) >= 11 is 1.75. The zero-order valence-corrected chi connectivity index (χ0v) is 13.1. The monoisotopic (exact) mass is 297 g/mol. The molecule has 3 aromatic rings. The topological polar surface area (TPSA) is 40.7 Å². The Morgan fingerprint density at radius 1 is 1.19 bits per heavy atom. The fourth-order valence-electron chi connectivity index (χ4n) is 2.36. The molecule has 0 fully saturated rings. The van der Waals surface area contributed by atoms with Gasteiger partial charge in [0, 0.05) is 11.8 Å². The van der Waals surface area contributed by atoms with Crippen molar-refractivity contribution in [3.63, 3.8) is 0 Å². The highest BCUT2D eigenvalue weighted by atomic mass is 32.2. The largest absolute Gasteiger partial charge is 0.333 e. The Labute approximate surface area is 129 Å². The van der Waals surface area contributed by atoms with Crippen molar-refractivity contribution in [3.8, 4) is 0 Å². The van der Waals surface area contributed by atoms with Crippen LogP contribution in [0.5, 0.6) is 0 Å². The average Bonchev–Trinajstić information content (AvgIpc) is 2.91. The number of aromatic nitrogens is 2. The van der Waals surface area contributed by atoms with Crippen LogP contribution in [0.4, 0.5) is 0 Å². The van der Waals surface area contributed by atoms with Crippen LogP contribution in [0.2, 0.25) is 0 Å². The first-order valence-corrected chi connectivity index (χ1v) is 8.06. The van der Waals surface area contributed by atoms with E-state index in [1.54, 1.807) is 11.8 Å². The van der Waals surface area contributed by atoms with Gasteiger partial charge in [0.25, 0.3) is 0 Å². The molecule has 0 aliphatic rings. The zero-order valence-electron chi connectivity index (χ0n) is 12.3. The Bertz CT molecular complexity index is 721. The molecule has 21 heavy (non-hydrogen) atoms. The van der Waals surface area contributed by atoms with Crippen LogP contribution in [0.1, 0.15) is 17.2 Å². The first kappa shape index (κ1) is 14.2. The Hall–Kier alpha value is -1.78. The zero-order chi connectivity index (χ0) is 14.7. The van der Waals surface area contributed by atoms with Crippen LogP contribution in [-0.2, 0) is 0 Å². The van der Waals surface area contributed by atoms with Gasteiger partial charge in [0.05, 0.1) is 11.0 Å². The second-order valence-electron chi connectivity index (χ2n) is 5.13. The van der Waals surface area contributed by atoms with Gasteiger partial charge < -0.3 is 10.3 Å². The van der Waals surface area contributed by atoms with E-state index in [0.717, 1.165) is 21.9 Å². The summed E-state index contributed by atoms with van der Waals surface area (Å²) in [5.74, 6) is 0.944. The van der Waals surface area contributed by atoms with Crippen LogP contribution >= 0.6 is 11.8 Å². The summed E-state index contributed by atoms with van der Waals surface area (Å²) in [6.07, 6.45) is 0. The number of H-pyrrole nitrogens is 1. The lowest BCUT2D eigenvalue weighted by Gasteiger charge is -2.15. The van der Waals surface area contributed by atoms with Gasteiger partial charge in [0.1, 0.15) is 0 Å². The van der Waals surface area contributed by atoms with E-state index in [4.69, 9.17) is 0 Å². The number of rotatable bonds is 5. The molecule has 1 unspecified atom stereocenters. The van der Waals surface area contributed by atoms with Crippen molar-refractivity contribution >= 4 is 22.8 Å². The van der Waals surface area contributed by atoms with Gasteiger partial charge in [-0.05, 0) is 37.2 Å². The molecule has 3 nitrogen and oxygen atoms in total. The van der Waals surface area contributed by atoms with Gasteiger partial charge in [-0.3, -0.25) is 0 Å². The molecular formula is C17H19N3S. The number of fused-ring (bicyclic) bond motifs is 1. The molecule has 3 rings (SSSR count). The maximum atomic E-state index is 4.63. The van der Waals surface area contributed by atoms with Crippen molar-refractivity contribution in [2.45, 2.75) is 18.1 Å². The van der Waals surface area contributed by atoms with E-state index in [1.165, 1.54) is 11.1 Å². The molecule has 2 N–H and O–H groups in total. The molecule has 0 saturated heterocycles. The molecule has 0 saturated carbocycles. The number of thioether (sulfide) groups is 1. The number of nitrogens with zero attached hydrogens (tertiary/aromatic N) is 1. The molecule has 1 atom stereocenters. The molecule has 108 valence electrons. The molecule has 2 aromatic carbocycles. The number of hydrogen-bond donors (Lipinski definition) is 2. The predicted molar refractivity (Wildman–Crippen MR) is 89.8 cm³/mol. The third kappa shape index (κ3) is 3.28. The first-order valence-electron chi connectivity index (χ1n) is 7.07. The molecule has 0 aliphatic carbocycles. The van der Waals surface area contributed by atoms with Crippen molar-refractivity contribution in [1.29, 1.82) is 0 Å². The van der Waals surface area contributed by atoms with Crippen LogP contribution < -0.4 is 5.32 Å². The second-order valence-corrected chi connectivity index (χ2v) is 6.13. The Balaban J connectivity index is 1.73. The van der Waals surface area contributed by atoms with Crippen LogP contribution in [0.25, 0.3) is 11.0 Å². The maximum Gasteiger partial charge on any atom is 0.166 e. The minimum atomic E-state index is 0.325. The molecule has 4 heteroatoms. The Kier molecular flexibility index (Phi) is 4.27. The summed E-state index contributed by atoms with van der Waals surface area (Å²) in [6.45, 7) is 2.10. The quantitative estimate of drug-likeness (QED) is 0.701. The fourth-order valence-corrected chi connectivity index (χ4v) is 3.39. The molecule has 0 radical (unpaired) electrons. The van der Waals surface area contributed by atoms with Gasteiger partial charge in [0.2, 0.25) is 0 Å². The lowest BCUT2D eigenvalue weighted by atomic mass is 10.1. The van der Waals surface area contributed by atoms with E-state index in [1.807, 2.05) is 13.1 Å².